The van der Waals surface area contributed by atoms with E-state index in [1.807, 2.05) is 0 Å². The monoisotopic (exact) mass is 273 g/mol. The van der Waals surface area contributed by atoms with Crippen molar-refractivity contribution in [1.29, 1.82) is 0 Å². The van der Waals surface area contributed by atoms with E-state index in [0.29, 0.717) is 11.5 Å². The molecule has 2 unspecified atom stereocenters. The lowest BCUT2D eigenvalue weighted by molar-refractivity contribution is 0.0981. The summed E-state index contributed by atoms with van der Waals surface area (Å²) in [6, 6.07) is 11.6. The summed E-state index contributed by atoms with van der Waals surface area (Å²) in [7, 11) is 0. The fourth-order valence-corrected chi connectivity index (χ4v) is 3.82. The summed E-state index contributed by atoms with van der Waals surface area (Å²) in [5.74, 6) is 0.808. The zero-order valence-electron chi connectivity index (χ0n) is 13.5. The van der Waals surface area contributed by atoms with Crippen LogP contribution in [-0.4, -0.2) is 12.6 Å². The molecule has 1 nitrogen and oxygen atoms in total. The first-order valence-electron chi connectivity index (χ1n) is 8.41. The normalized spacial score (nSPS) is 23.4. The van der Waals surface area contributed by atoms with Crippen LogP contribution in [0.15, 0.2) is 30.3 Å². The molecule has 0 aromatic heterocycles. The van der Waals surface area contributed by atoms with Gasteiger partial charge in [0.05, 0.1) is 0 Å². The lowest BCUT2D eigenvalue weighted by Crippen LogP contribution is -2.46. The third kappa shape index (κ3) is 4.09. The van der Waals surface area contributed by atoms with Crippen molar-refractivity contribution in [1.82, 2.24) is 5.32 Å². The van der Waals surface area contributed by atoms with Crippen molar-refractivity contribution in [2.24, 2.45) is 11.3 Å². The molecule has 0 heterocycles. The van der Waals surface area contributed by atoms with E-state index in [2.05, 4.69) is 56.4 Å². The predicted molar refractivity (Wildman–Crippen MR) is 88.0 cm³/mol. The highest BCUT2D eigenvalue weighted by molar-refractivity contribution is 5.16. The standard InChI is InChI=1S/C19H31N/c1-4-14-20-18(15-16-10-6-5-7-11-16)17-12-8-9-13-19(17,2)3/h5-7,10-11,17-18,20H,4,8-9,12-15H2,1-3H3. The van der Waals surface area contributed by atoms with E-state index in [0.717, 1.165) is 12.5 Å². The molecule has 1 aromatic carbocycles. The number of benzene rings is 1. The molecule has 0 bridgehead atoms. The van der Waals surface area contributed by atoms with Gasteiger partial charge < -0.3 is 5.32 Å². The maximum absolute atomic E-state index is 3.84. The highest BCUT2D eigenvalue weighted by Gasteiger charge is 2.37. The summed E-state index contributed by atoms with van der Waals surface area (Å²) in [6.45, 7) is 8.35. The van der Waals surface area contributed by atoms with E-state index in [-0.39, 0.29) is 0 Å². The number of rotatable bonds is 6. The smallest absolute Gasteiger partial charge is 0.0141 e. The maximum atomic E-state index is 3.84. The van der Waals surface area contributed by atoms with Gasteiger partial charge in [0.15, 0.2) is 0 Å². The van der Waals surface area contributed by atoms with Crippen molar-refractivity contribution >= 4 is 0 Å². The van der Waals surface area contributed by atoms with Gasteiger partial charge in [-0.3, -0.25) is 0 Å². The van der Waals surface area contributed by atoms with Crippen LogP contribution in [0.5, 0.6) is 0 Å². The van der Waals surface area contributed by atoms with Gasteiger partial charge in [-0.15, -0.1) is 0 Å². The van der Waals surface area contributed by atoms with Crippen LogP contribution >= 0.6 is 0 Å². The van der Waals surface area contributed by atoms with Crippen molar-refractivity contribution < 1.29 is 0 Å². The summed E-state index contributed by atoms with van der Waals surface area (Å²) in [6.07, 6.45) is 7.99. The molecule has 1 aliphatic carbocycles. The first-order valence-corrected chi connectivity index (χ1v) is 8.41. The molecule has 2 rings (SSSR count). The lowest BCUT2D eigenvalue weighted by Gasteiger charge is -2.44. The molecule has 0 radical (unpaired) electrons. The van der Waals surface area contributed by atoms with Gasteiger partial charge in [0.25, 0.3) is 0 Å². The molecule has 0 amide bonds. The van der Waals surface area contributed by atoms with Gasteiger partial charge in [0, 0.05) is 6.04 Å². The van der Waals surface area contributed by atoms with Crippen molar-refractivity contribution in [2.45, 2.75) is 65.3 Å². The van der Waals surface area contributed by atoms with Gasteiger partial charge >= 0.3 is 0 Å². The van der Waals surface area contributed by atoms with Gasteiger partial charge in [-0.1, -0.05) is 63.9 Å². The molecule has 1 N–H and O–H groups in total. The topological polar surface area (TPSA) is 12.0 Å². The van der Waals surface area contributed by atoms with Gasteiger partial charge in [0.2, 0.25) is 0 Å². The second-order valence-corrected chi connectivity index (χ2v) is 7.09. The molecule has 1 heteroatoms. The summed E-state index contributed by atoms with van der Waals surface area (Å²) in [4.78, 5) is 0. The van der Waals surface area contributed by atoms with Crippen LogP contribution < -0.4 is 5.32 Å². The minimum atomic E-state index is 0.485. The Hall–Kier alpha value is -0.820. The molecule has 112 valence electrons. The Balaban J connectivity index is 2.09. The highest BCUT2D eigenvalue weighted by atomic mass is 14.9. The average Bonchev–Trinajstić information content (AvgIpc) is 2.44. The third-order valence-corrected chi connectivity index (χ3v) is 5.03. The van der Waals surface area contributed by atoms with Crippen LogP contribution in [0.2, 0.25) is 0 Å². The van der Waals surface area contributed by atoms with Crippen molar-refractivity contribution in [3.8, 4) is 0 Å². The second kappa shape index (κ2) is 7.26. The van der Waals surface area contributed by atoms with E-state index < -0.39 is 0 Å². The first kappa shape index (κ1) is 15.6. The highest BCUT2D eigenvalue weighted by Crippen LogP contribution is 2.42. The predicted octanol–water partition coefficient (Wildman–Crippen LogP) is 4.81. The van der Waals surface area contributed by atoms with E-state index in [4.69, 9.17) is 0 Å². The molecular weight excluding hydrogens is 242 g/mol. The Morgan fingerprint density at radius 3 is 2.60 bits per heavy atom. The Morgan fingerprint density at radius 2 is 1.95 bits per heavy atom. The Kier molecular flexibility index (Phi) is 5.65. The zero-order valence-corrected chi connectivity index (χ0v) is 13.5. The number of hydrogen-bond acceptors (Lipinski definition) is 1. The Bertz CT molecular complexity index is 382. The third-order valence-electron chi connectivity index (χ3n) is 5.03. The molecule has 0 saturated heterocycles. The quantitative estimate of drug-likeness (QED) is 0.784. The van der Waals surface area contributed by atoms with Crippen LogP contribution in [0.4, 0.5) is 0 Å². The van der Waals surface area contributed by atoms with Crippen LogP contribution in [-0.2, 0) is 6.42 Å². The zero-order chi connectivity index (χ0) is 14.4. The molecule has 0 aliphatic heterocycles. The van der Waals surface area contributed by atoms with Gasteiger partial charge in [-0.25, -0.2) is 0 Å². The summed E-state index contributed by atoms with van der Waals surface area (Å²) in [5, 5.41) is 3.84. The molecule has 1 saturated carbocycles. The minimum Gasteiger partial charge on any atom is -0.313 e. The molecule has 1 aromatic rings. The Morgan fingerprint density at radius 1 is 1.20 bits per heavy atom. The minimum absolute atomic E-state index is 0.485. The van der Waals surface area contributed by atoms with Crippen molar-refractivity contribution in [2.75, 3.05) is 6.54 Å². The summed E-state index contributed by atoms with van der Waals surface area (Å²) in [5.41, 5.74) is 1.96. The molecular formula is C19H31N. The summed E-state index contributed by atoms with van der Waals surface area (Å²) >= 11 is 0. The number of hydrogen-bond donors (Lipinski definition) is 1. The molecule has 0 spiro atoms. The molecule has 2 atom stereocenters. The lowest BCUT2D eigenvalue weighted by atomic mass is 9.65. The van der Waals surface area contributed by atoms with E-state index in [1.54, 1.807) is 0 Å². The van der Waals surface area contributed by atoms with Gasteiger partial charge in [0.1, 0.15) is 0 Å². The number of nitrogens with one attached hydrogen (secondary N) is 1. The van der Waals surface area contributed by atoms with Crippen LogP contribution in [0.25, 0.3) is 0 Å². The van der Waals surface area contributed by atoms with Gasteiger partial charge in [-0.2, -0.15) is 0 Å². The van der Waals surface area contributed by atoms with Crippen molar-refractivity contribution in [3.05, 3.63) is 35.9 Å². The van der Waals surface area contributed by atoms with Crippen LogP contribution in [0.1, 0.15) is 58.4 Å². The van der Waals surface area contributed by atoms with Crippen molar-refractivity contribution in [3.63, 3.8) is 0 Å². The second-order valence-electron chi connectivity index (χ2n) is 7.09. The van der Waals surface area contributed by atoms with Gasteiger partial charge in [-0.05, 0) is 49.1 Å². The first-order chi connectivity index (χ1) is 9.63. The fourth-order valence-electron chi connectivity index (χ4n) is 3.82. The maximum Gasteiger partial charge on any atom is 0.0141 e. The summed E-state index contributed by atoms with van der Waals surface area (Å²) < 4.78 is 0. The average molecular weight is 273 g/mol. The molecule has 1 aliphatic rings. The van der Waals surface area contributed by atoms with E-state index in [9.17, 15) is 0 Å². The SMILES string of the molecule is CCCNC(Cc1ccccc1)C1CCCCC1(C)C. The van der Waals surface area contributed by atoms with Crippen LogP contribution in [0, 0.1) is 11.3 Å². The van der Waals surface area contributed by atoms with E-state index in [1.165, 1.54) is 44.1 Å². The van der Waals surface area contributed by atoms with Crippen LogP contribution in [0.3, 0.4) is 0 Å². The largest absolute Gasteiger partial charge is 0.313 e. The van der Waals surface area contributed by atoms with E-state index >= 15 is 0 Å². The molecule has 1 fully saturated rings. The fraction of sp³-hybridized carbons (Fsp3) is 0.684. The Labute approximate surface area is 125 Å². The molecule has 20 heavy (non-hydrogen) atoms.